The molecule has 0 radical (unpaired) electrons. The highest BCUT2D eigenvalue weighted by molar-refractivity contribution is 5.94. The van der Waals surface area contributed by atoms with E-state index in [-0.39, 0.29) is 29.3 Å². The van der Waals surface area contributed by atoms with Gasteiger partial charge >= 0.3 is 0 Å². The van der Waals surface area contributed by atoms with E-state index in [1.54, 1.807) is 18.2 Å². The van der Waals surface area contributed by atoms with Crippen molar-refractivity contribution in [3.63, 3.8) is 0 Å². The van der Waals surface area contributed by atoms with E-state index in [0.29, 0.717) is 25.7 Å². The second-order valence-corrected chi connectivity index (χ2v) is 7.38. The molecular weight excluding hydrogens is 343 g/mol. The fourth-order valence-electron chi connectivity index (χ4n) is 3.71. The summed E-state index contributed by atoms with van der Waals surface area (Å²) in [5, 5.41) is 5.66. The second kappa shape index (κ2) is 8.33. The maximum Gasteiger partial charge on any atom is 0.227 e. The summed E-state index contributed by atoms with van der Waals surface area (Å²) < 4.78 is 13.7. The summed E-state index contributed by atoms with van der Waals surface area (Å²) in [6.07, 6.45) is 2.58. The number of halogens is 1. The van der Waals surface area contributed by atoms with E-state index < -0.39 is 5.82 Å². The summed E-state index contributed by atoms with van der Waals surface area (Å²) in [5.41, 5.74) is 3.24. The first-order valence-electron chi connectivity index (χ1n) is 9.37. The van der Waals surface area contributed by atoms with Crippen LogP contribution in [0.15, 0.2) is 42.5 Å². The number of carbonyl (C=O) groups excluding carboxylic acids is 2. The Balaban J connectivity index is 1.53. The number of nitrogens with one attached hydrogen (secondary N) is 2. The molecule has 2 aromatic carbocycles. The molecule has 4 nitrogen and oxygen atoms in total. The number of carbonyl (C=O) groups is 2. The van der Waals surface area contributed by atoms with E-state index in [1.807, 2.05) is 26.0 Å². The smallest absolute Gasteiger partial charge is 0.227 e. The van der Waals surface area contributed by atoms with Crippen LogP contribution in [0, 0.1) is 31.5 Å². The summed E-state index contributed by atoms with van der Waals surface area (Å²) in [7, 11) is 0. The SMILES string of the molecule is Cc1cc(C)cc(NC(=O)C2CCC(C(=O)Nc3ccccc3F)CC2)c1. The van der Waals surface area contributed by atoms with E-state index in [2.05, 4.69) is 16.7 Å². The zero-order valence-corrected chi connectivity index (χ0v) is 15.7. The van der Waals surface area contributed by atoms with Crippen molar-refractivity contribution in [3.05, 3.63) is 59.4 Å². The largest absolute Gasteiger partial charge is 0.326 e. The highest BCUT2D eigenvalue weighted by Gasteiger charge is 2.30. The zero-order chi connectivity index (χ0) is 19.4. The van der Waals surface area contributed by atoms with E-state index in [0.717, 1.165) is 16.8 Å². The Hall–Kier alpha value is -2.69. The van der Waals surface area contributed by atoms with E-state index in [1.165, 1.54) is 6.07 Å². The molecule has 1 fully saturated rings. The van der Waals surface area contributed by atoms with Crippen molar-refractivity contribution in [1.29, 1.82) is 0 Å². The van der Waals surface area contributed by atoms with Gasteiger partial charge in [-0.2, -0.15) is 0 Å². The van der Waals surface area contributed by atoms with Crippen LogP contribution in [0.5, 0.6) is 0 Å². The van der Waals surface area contributed by atoms with Crippen LogP contribution in [-0.4, -0.2) is 11.8 Å². The molecule has 1 saturated carbocycles. The monoisotopic (exact) mass is 368 g/mol. The lowest BCUT2D eigenvalue weighted by atomic mass is 9.81. The lowest BCUT2D eigenvalue weighted by Gasteiger charge is -2.27. The first kappa shape index (κ1) is 19.1. The third kappa shape index (κ3) is 4.94. The molecule has 0 aromatic heterocycles. The predicted molar refractivity (Wildman–Crippen MR) is 105 cm³/mol. The van der Waals surface area contributed by atoms with Crippen molar-refractivity contribution in [1.82, 2.24) is 0 Å². The molecule has 2 amide bonds. The quantitative estimate of drug-likeness (QED) is 0.812. The van der Waals surface area contributed by atoms with Crippen LogP contribution in [0.2, 0.25) is 0 Å². The fraction of sp³-hybridized carbons (Fsp3) is 0.364. The molecule has 5 heteroatoms. The van der Waals surface area contributed by atoms with Gasteiger partial charge in [-0.3, -0.25) is 9.59 Å². The Morgan fingerprint density at radius 2 is 1.37 bits per heavy atom. The zero-order valence-electron chi connectivity index (χ0n) is 15.7. The van der Waals surface area contributed by atoms with Gasteiger partial charge in [-0.15, -0.1) is 0 Å². The Morgan fingerprint density at radius 1 is 0.852 bits per heavy atom. The predicted octanol–water partition coefficient (Wildman–Crippen LogP) is 4.83. The number of hydrogen-bond donors (Lipinski definition) is 2. The molecule has 0 saturated heterocycles. The van der Waals surface area contributed by atoms with Gasteiger partial charge in [-0.1, -0.05) is 18.2 Å². The minimum Gasteiger partial charge on any atom is -0.326 e. The Labute approximate surface area is 159 Å². The topological polar surface area (TPSA) is 58.2 Å². The van der Waals surface area contributed by atoms with Gasteiger partial charge < -0.3 is 10.6 Å². The molecule has 0 bridgehead atoms. The van der Waals surface area contributed by atoms with E-state index in [9.17, 15) is 14.0 Å². The third-order valence-corrected chi connectivity index (χ3v) is 5.09. The van der Waals surface area contributed by atoms with Crippen LogP contribution >= 0.6 is 0 Å². The Morgan fingerprint density at radius 3 is 1.93 bits per heavy atom. The Kier molecular flexibility index (Phi) is 5.89. The molecule has 0 aliphatic heterocycles. The molecular formula is C22H25FN2O2. The van der Waals surface area contributed by atoms with E-state index in [4.69, 9.17) is 0 Å². The number of benzene rings is 2. The van der Waals surface area contributed by atoms with Crippen LogP contribution in [0.1, 0.15) is 36.8 Å². The number of anilines is 2. The number of aryl methyl sites for hydroxylation is 2. The van der Waals surface area contributed by atoms with Gasteiger partial charge in [0.25, 0.3) is 0 Å². The minimum absolute atomic E-state index is 0.00737. The van der Waals surface area contributed by atoms with Gasteiger partial charge in [0, 0.05) is 17.5 Å². The van der Waals surface area contributed by atoms with Crippen molar-refractivity contribution < 1.29 is 14.0 Å². The maximum absolute atomic E-state index is 13.7. The minimum atomic E-state index is -0.438. The highest BCUT2D eigenvalue weighted by Crippen LogP contribution is 2.31. The molecule has 0 spiro atoms. The molecule has 2 N–H and O–H groups in total. The van der Waals surface area contributed by atoms with Crippen molar-refractivity contribution >= 4 is 23.2 Å². The van der Waals surface area contributed by atoms with Crippen molar-refractivity contribution in [2.24, 2.45) is 11.8 Å². The molecule has 142 valence electrons. The van der Waals surface area contributed by atoms with Crippen LogP contribution < -0.4 is 10.6 Å². The third-order valence-electron chi connectivity index (χ3n) is 5.09. The van der Waals surface area contributed by atoms with Gasteiger partial charge in [0.05, 0.1) is 5.69 Å². The van der Waals surface area contributed by atoms with Gasteiger partial charge in [0.15, 0.2) is 0 Å². The molecule has 27 heavy (non-hydrogen) atoms. The average molecular weight is 368 g/mol. The van der Waals surface area contributed by atoms with Gasteiger partial charge in [0.1, 0.15) is 5.82 Å². The number of para-hydroxylation sites is 1. The van der Waals surface area contributed by atoms with E-state index >= 15 is 0 Å². The lowest BCUT2D eigenvalue weighted by Crippen LogP contribution is -2.32. The fourth-order valence-corrected chi connectivity index (χ4v) is 3.71. The summed E-state index contributed by atoms with van der Waals surface area (Å²) >= 11 is 0. The van der Waals surface area contributed by atoms with Crippen LogP contribution in [0.25, 0.3) is 0 Å². The van der Waals surface area contributed by atoms with Crippen LogP contribution in [0.3, 0.4) is 0 Å². The molecule has 1 aliphatic rings. The molecule has 2 aromatic rings. The first-order chi connectivity index (χ1) is 12.9. The second-order valence-electron chi connectivity index (χ2n) is 7.38. The average Bonchev–Trinajstić information content (AvgIpc) is 2.63. The van der Waals surface area contributed by atoms with Gasteiger partial charge in [-0.05, 0) is 74.9 Å². The normalized spacial score (nSPS) is 19.4. The molecule has 1 aliphatic carbocycles. The van der Waals surface area contributed by atoms with Crippen molar-refractivity contribution in [2.45, 2.75) is 39.5 Å². The summed E-state index contributed by atoms with van der Waals surface area (Å²) in [6, 6.07) is 12.1. The standard InChI is InChI=1S/C22H25FN2O2/c1-14-11-15(2)13-18(12-14)24-21(26)16-7-9-17(10-8-16)22(27)25-20-6-4-3-5-19(20)23/h3-6,11-13,16-17H,7-10H2,1-2H3,(H,24,26)(H,25,27). The number of hydrogen-bond acceptors (Lipinski definition) is 2. The molecule has 0 unspecified atom stereocenters. The highest BCUT2D eigenvalue weighted by atomic mass is 19.1. The van der Waals surface area contributed by atoms with Gasteiger partial charge in [0.2, 0.25) is 11.8 Å². The summed E-state index contributed by atoms with van der Waals surface area (Å²) in [4.78, 5) is 24.9. The number of rotatable bonds is 4. The van der Waals surface area contributed by atoms with Gasteiger partial charge in [-0.25, -0.2) is 4.39 Å². The molecule has 0 atom stereocenters. The molecule has 3 rings (SSSR count). The summed E-state index contributed by atoms with van der Waals surface area (Å²) in [5.74, 6) is -0.883. The molecule has 0 heterocycles. The van der Waals surface area contributed by atoms with Crippen molar-refractivity contribution in [2.75, 3.05) is 10.6 Å². The van der Waals surface area contributed by atoms with Crippen LogP contribution in [-0.2, 0) is 9.59 Å². The maximum atomic E-state index is 13.7. The first-order valence-corrected chi connectivity index (χ1v) is 9.37. The van der Waals surface area contributed by atoms with Crippen LogP contribution in [0.4, 0.5) is 15.8 Å². The van der Waals surface area contributed by atoms with Crippen molar-refractivity contribution in [3.8, 4) is 0 Å². The Bertz CT molecular complexity index is 822. The lowest BCUT2D eigenvalue weighted by molar-refractivity contribution is -0.125. The summed E-state index contributed by atoms with van der Waals surface area (Å²) in [6.45, 7) is 4.00. The number of amides is 2.